The molecule has 0 radical (unpaired) electrons. The number of alkyl halides is 2. The van der Waals surface area contributed by atoms with Crippen molar-refractivity contribution in [3.05, 3.63) is 0 Å². The third-order valence-electron chi connectivity index (χ3n) is 3.08. The second-order valence-electron chi connectivity index (χ2n) is 3.91. The Balaban J connectivity index is 2.02. The summed E-state index contributed by atoms with van der Waals surface area (Å²) in [4.78, 5) is 11.1. The number of fused-ring (bicyclic) bond motifs is 2. The minimum absolute atomic E-state index is 0.0558. The highest BCUT2D eigenvalue weighted by Crippen LogP contribution is 2.43. The largest absolute Gasteiger partial charge is 0.345 e. The summed E-state index contributed by atoms with van der Waals surface area (Å²) in [5.74, 6) is 0.321. The van der Waals surface area contributed by atoms with Crippen molar-refractivity contribution < 1.29 is 18.3 Å². The predicted octanol–water partition coefficient (Wildman–Crippen LogP) is 1.98. The van der Waals surface area contributed by atoms with E-state index in [0.29, 0.717) is 12.8 Å². The summed E-state index contributed by atoms with van der Waals surface area (Å²) >= 11 is 0. The number of hydrogen-bond acceptors (Lipinski definition) is 2. The van der Waals surface area contributed by atoms with Gasteiger partial charge in [-0.25, -0.2) is 0 Å². The normalized spacial score (nSPS) is 38.7. The minimum atomic E-state index is -2.69. The summed E-state index contributed by atoms with van der Waals surface area (Å²) in [6.45, 7) is -2.69. The molecule has 0 heterocycles. The van der Waals surface area contributed by atoms with E-state index in [2.05, 4.69) is 4.74 Å². The van der Waals surface area contributed by atoms with Crippen LogP contribution in [0.3, 0.4) is 0 Å². The van der Waals surface area contributed by atoms with Crippen LogP contribution in [0.15, 0.2) is 0 Å². The molecule has 0 aromatic heterocycles. The molecule has 13 heavy (non-hydrogen) atoms. The van der Waals surface area contributed by atoms with Crippen molar-refractivity contribution in [2.75, 3.05) is 0 Å². The van der Waals surface area contributed by atoms with Gasteiger partial charge in [-0.1, -0.05) is 0 Å². The van der Waals surface area contributed by atoms with E-state index < -0.39 is 6.61 Å². The maximum Gasteiger partial charge on any atom is 0.345 e. The van der Waals surface area contributed by atoms with Crippen LogP contribution in [0.5, 0.6) is 0 Å². The SMILES string of the molecule is O=C1CC2CCC(C1)C2OC(F)F. The van der Waals surface area contributed by atoms with Crippen molar-refractivity contribution in [2.45, 2.75) is 38.4 Å². The lowest BCUT2D eigenvalue weighted by atomic mass is 9.85. The first kappa shape index (κ1) is 9.06. The van der Waals surface area contributed by atoms with Gasteiger partial charge in [0, 0.05) is 12.8 Å². The highest BCUT2D eigenvalue weighted by Gasteiger charge is 2.44. The summed E-state index contributed by atoms with van der Waals surface area (Å²) < 4.78 is 28.5. The van der Waals surface area contributed by atoms with Gasteiger partial charge in [0.25, 0.3) is 0 Å². The Kier molecular flexibility index (Phi) is 2.32. The molecule has 0 spiro atoms. The van der Waals surface area contributed by atoms with Crippen LogP contribution in [0.4, 0.5) is 8.78 Å². The summed E-state index contributed by atoms with van der Waals surface area (Å²) in [6, 6.07) is 0. The smallest absolute Gasteiger partial charge is 0.319 e. The van der Waals surface area contributed by atoms with Crippen LogP contribution in [-0.2, 0) is 9.53 Å². The number of ether oxygens (including phenoxy) is 1. The first-order valence-electron chi connectivity index (χ1n) is 4.62. The molecule has 4 heteroatoms. The predicted molar refractivity (Wildman–Crippen MR) is 41.3 cm³/mol. The summed E-state index contributed by atoms with van der Waals surface area (Å²) in [7, 11) is 0. The fourth-order valence-electron chi connectivity index (χ4n) is 2.59. The van der Waals surface area contributed by atoms with Crippen LogP contribution in [0, 0.1) is 11.8 Å². The number of hydrogen-bond donors (Lipinski definition) is 0. The maximum absolute atomic E-state index is 12.0. The van der Waals surface area contributed by atoms with E-state index in [1.807, 2.05) is 0 Å². The molecule has 2 fully saturated rings. The highest BCUT2D eigenvalue weighted by molar-refractivity contribution is 5.80. The molecule has 0 N–H and O–H groups in total. The molecular formula is C9H12F2O2. The van der Waals surface area contributed by atoms with Crippen LogP contribution in [0.1, 0.15) is 25.7 Å². The molecule has 2 rings (SSSR count). The molecule has 0 aliphatic heterocycles. The molecule has 2 saturated carbocycles. The van der Waals surface area contributed by atoms with Crippen molar-refractivity contribution in [3.8, 4) is 0 Å². The van der Waals surface area contributed by atoms with Crippen LogP contribution >= 0.6 is 0 Å². The zero-order chi connectivity index (χ0) is 9.42. The van der Waals surface area contributed by atoms with Crippen molar-refractivity contribution in [2.24, 2.45) is 11.8 Å². The lowest BCUT2D eigenvalue weighted by Crippen LogP contribution is -2.34. The number of carbonyl (C=O) groups excluding carboxylic acids is 1. The van der Waals surface area contributed by atoms with E-state index in [-0.39, 0.29) is 23.7 Å². The molecule has 0 amide bonds. The van der Waals surface area contributed by atoms with Crippen molar-refractivity contribution in [1.29, 1.82) is 0 Å². The summed E-state index contributed by atoms with van der Waals surface area (Å²) in [5.41, 5.74) is 0. The zero-order valence-corrected chi connectivity index (χ0v) is 7.21. The minimum Gasteiger partial charge on any atom is -0.319 e. The molecular weight excluding hydrogens is 178 g/mol. The number of ketones is 1. The fraction of sp³-hybridized carbons (Fsp3) is 0.889. The number of halogens is 2. The Morgan fingerprint density at radius 1 is 1.23 bits per heavy atom. The van der Waals surface area contributed by atoms with E-state index in [0.717, 1.165) is 12.8 Å². The average Bonchev–Trinajstić information content (AvgIpc) is 2.32. The standard InChI is InChI=1S/C9H12F2O2/c10-9(11)13-8-5-1-2-6(8)4-7(12)3-5/h5-6,8-9H,1-4H2. The van der Waals surface area contributed by atoms with Gasteiger partial charge in [-0.3, -0.25) is 4.79 Å². The third kappa shape index (κ3) is 1.73. The molecule has 2 nitrogen and oxygen atoms in total. The summed E-state index contributed by atoms with van der Waals surface area (Å²) in [5, 5.41) is 0. The first-order chi connectivity index (χ1) is 6.16. The summed E-state index contributed by atoms with van der Waals surface area (Å²) in [6.07, 6.45) is 2.25. The van der Waals surface area contributed by atoms with Gasteiger partial charge in [0.05, 0.1) is 6.10 Å². The Hall–Kier alpha value is -0.510. The fourth-order valence-corrected chi connectivity index (χ4v) is 2.59. The highest BCUT2D eigenvalue weighted by atomic mass is 19.3. The van der Waals surface area contributed by atoms with Crippen LogP contribution in [-0.4, -0.2) is 18.5 Å². The van der Waals surface area contributed by atoms with Gasteiger partial charge in [0.1, 0.15) is 5.78 Å². The van der Waals surface area contributed by atoms with Crippen LogP contribution in [0.2, 0.25) is 0 Å². The van der Waals surface area contributed by atoms with E-state index in [4.69, 9.17) is 0 Å². The van der Waals surface area contributed by atoms with Gasteiger partial charge < -0.3 is 4.74 Å². The van der Waals surface area contributed by atoms with E-state index in [1.165, 1.54) is 0 Å². The number of rotatable bonds is 2. The second kappa shape index (κ2) is 3.33. The lowest BCUT2D eigenvalue weighted by Gasteiger charge is -2.28. The van der Waals surface area contributed by atoms with E-state index >= 15 is 0 Å². The molecule has 0 saturated heterocycles. The molecule has 2 aliphatic carbocycles. The quantitative estimate of drug-likeness (QED) is 0.665. The Morgan fingerprint density at radius 3 is 2.23 bits per heavy atom. The molecule has 0 aromatic rings. The zero-order valence-electron chi connectivity index (χ0n) is 7.21. The topological polar surface area (TPSA) is 26.3 Å². The van der Waals surface area contributed by atoms with Gasteiger partial charge in [-0.05, 0) is 24.7 Å². The van der Waals surface area contributed by atoms with Gasteiger partial charge >= 0.3 is 6.61 Å². The van der Waals surface area contributed by atoms with Gasteiger partial charge in [-0.15, -0.1) is 0 Å². The van der Waals surface area contributed by atoms with Gasteiger partial charge in [-0.2, -0.15) is 8.78 Å². The third-order valence-corrected chi connectivity index (χ3v) is 3.08. The van der Waals surface area contributed by atoms with Gasteiger partial charge in [0.2, 0.25) is 0 Å². The van der Waals surface area contributed by atoms with Crippen LogP contribution < -0.4 is 0 Å². The lowest BCUT2D eigenvalue weighted by molar-refractivity contribution is -0.188. The second-order valence-corrected chi connectivity index (χ2v) is 3.91. The molecule has 2 atom stereocenters. The Bertz CT molecular complexity index is 202. The first-order valence-corrected chi connectivity index (χ1v) is 4.62. The number of Topliss-reactive ketones (excluding diaryl/α,β-unsaturated/α-hetero) is 1. The molecule has 2 unspecified atom stereocenters. The van der Waals surface area contributed by atoms with Crippen molar-refractivity contribution >= 4 is 5.78 Å². The van der Waals surface area contributed by atoms with Gasteiger partial charge in [0.15, 0.2) is 0 Å². The number of carbonyl (C=O) groups is 1. The average molecular weight is 190 g/mol. The Morgan fingerprint density at radius 2 is 1.77 bits per heavy atom. The maximum atomic E-state index is 12.0. The molecule has 74 valence electrons. The molecule has 2 aliphatic rings. The monoisotopic (exact) mass is 190 g/mol. The van der Waals surface area contributed by atoms with Crippen LogP contribution in [0.25, 0.3) is 0 Å². The Labute approximate surface area is 75.3 Å². The van der Waals surface area contributed by atoms with E-state index in [9.17, 15) is 13.6 Å². The molecule has 2 bridgehead atoms. The van der Waals surface area contributed by atoms with E-state index in [1.54, 1.807) is 0 Å². The van der Waals surface area contributed by atoms with Crippen molar-refractivity contribution in [3.63, 3.8) is 0 Å². The molecule has 0 aromatic carbocycles. The van der Waals surface area contributed by atoms with Crippen molar-refractivity contribution in [1.82, 2.24) is 0 Å².